The fourth-order valence-electron chi connectivity index (χ4n) is 3.66. The lowest BCUT2D eigenvalue weighted by Gasteiger charge is -2.31. The number of ketones is 1. The minimum absolute atomic E-state index is 0.0253. The van der Waals surface area contributed by atoms with Crippen LogP contribution < -0.4 is 0 Å². The second-order valence-electron chi connectivity index (χ2n) is 7.65. The summed E-state index contributed by atoms with van der Waals surface area (Å²) in [7, 11) is 0. The van der Waals surface area contributed by atoms with Gasteiger partial charge in [-0.2, -0.15) is 0 Å². The number of carbonyl (C=O) groups is 2. The summed E-state index contributed by atoms with van der Waals surface area (Å²) in [5, 5.41) is 19.5. The van der Waals surface area contributed by atoms with E-state index < -0.39 is 10.9 Å². The van der Waals surface area contributed by atoms with Gasteiger partial charge in [-0.25, -0.2) is 4.79 Å². The highest BCUT2D eigenvalue weighted by molar-refractivity contribution is 5.90. The van der Waals surface area contributed by atoms with Gasteiger partial charge in [-0.15, -0.1) is 0 Å². The molecule has 0 amide bonds. The maximum Gasteiger partial charge on any atom is 0.337 e. The molecule has 1 unspecified atom stereocenters. The molecule has 0 saturated heterocycles. The van der Waals surface area contributed by atoms with Crippen LogP contribution in [0.4, 0.5) is 5.69 Å². The van der Waals surface area contributed by atoms with Gasteiger partial charge in [-0.05, 0) is 25.0 Å². The third-order valence-electron chi connectivity index (χ3n) is 5.34. The first kappa shape index (κ1) is 23.1. The molecule has 0 spiro atoms. The van der Waals surface area contributed by atoms with Crippen molar-refractivity contribution in [3.63, 3.8) is 0 Å². The minimum Gasteiger partial charge on any atom is -0.478 e. The van der Waals surface area contributed by atoms with E-state index in [2.05, 4.69) is 16.8 Å². The van der Waals surface area contributed by atoms with Gasteiger partial charge in [-0.3, -0.25) is 19.9 Å². The van der Waals surface area contributed by atoms with E-state index >= 15 is 0 Å². The molecular formula is C23H25N3O6. The highest BCUT2D eigenvalue weighted by atomic mass is 16.6. The number of carboxylic acids is 1. The lowest BCUT2D eigenvalue weighted by atomic mass is 9.90. The first-order chi connectivity index (χ1) is 15.3. The fourth-order valence-corrected chi connectivity index (χ4v) is 3.66. The number of benzene rings is 1. The summed E-state index contributed by atoms with van der Waals surface area (Å²) in [6, 6.07) is 7.94. The van der Waals surface area contributed by atoms with E-state index in [-0.39, 0.29) is 23.0 Å². The van der Waals surface area contributed by atoms with Crippen LogP contribution in [0.25, 0.3) is 0 Å². The molecule has 0 fully saturated rings. The second-order valence-corrected chi connectivity index (χ2v) is 7.65. The van der Waals surface area contributed by atoms with E-state index in [0.717, 1.165) is 29.9 Å². The predicted molar refractivity (Wildman–Crippen MR) is 116 cm³/mol. The Balaban J connectivity index is 0.000000204. The van der Waals surface area contributed by atoms with Gasteiger partial charge < -0.3 is 14.7 Å². The van der Waals surface area contributed by atoms with Crippen molar-refractivity contribution in [3.05, 3.63) is 80.8 Å². The highest BCUT2D eigenvalue weighted by Gasteiger charge is 2.27. The third-order valence-corrected chi connectivity index (χ3v) is 5.34. The standard InChI is InChI=1S/C15H18N2O3.C8H7NO3/c1-3-7-16-10-15(18)14(8-11(16)2)12-5-4-6-13(9-12)17(19)20;10-8(11)5-1-6-3-12-4-7(6)9-2-5/h4-6,8-9,14H,3,7,10H2,1-2H3;1-2H,3-4H2,(H,10,11). The van der Waals surface area contributed by atoms with Crippen LogP contribution in [-0.4, -0.2) is 44.8 Å². The topological polar surface area (TPSA) is 123 Å². The fraction of sp³-hybridized carbons (Fsp3) is 0.348. The van der Waals surface area contributed by atoms with Crippen LogP contribution in [0.1, 0.15) is 53.4 Å². The van der Waals surface area contributed by atoms with Crippen LogP contribution in [0.15, 0.2) is 48.3 Å². The van der Waals surface area contributed by atoms with Crippen molar-refractivity contribution in [2.75, 3.05) is 13.1 Å². The molecule has 0 saturated carbocycles. The van der Waals surface area contributed by atoms with Gasteiger partial charge in [0.1, 0.15) is 0 Å². The maximum absolute atomic E-state index is 12.3. The zero-order valence-corrected chi connectivity index (χ0v) is 18.0. The molecule has 9 heteroatoms. The number of ether oxygens (including phenoxy) is 1. The summed E-state index contributed by atoms with van der Waals surface area (Å²) < 4.78 is 5.09. The van der Waals surface area contributed by atoms with Crippen LogP contribution >= 0.6 is 0 Å². The van der Waals surface area contributed by atoms with Crippen molar-refractivity contribution in [2.24, 2.45) is 0 Å². The Hall–Kier alpha value is -3.59. The van der Waals surface area contributed by atoms with Crippen molar-refractivity contribution >= 4 is 17.4 Å². The first-order valence-electron chi connectivity index (χ1n) is 10.3. The number of allylic oxidation sites excluding steroid dienone is 2. The normalized spacial score (nSPS) is 17.2. The molecule has 1 aromatic carbocycles. The van der Waals surface area contributed by atoms with Gasteiger partial charge in [0.15, 0.2) is 5.78 Å². The number of pyridine rings is 1. The molecule has 1 N–H and O–H groups in total. The largest absolute Gasteiger partial charge is 0.478 e. The number of nitro groups is 1. The summed E-state index contributed by atoms with van der Waals surface area (Å²) >= 11 is 0. The zero-order valence-electron chi connectivity index (χ0n) is 18.0. The average Bonchev–Trinajstić information content (AvgIpc) is 3.24. The molecule has 0 bridgehead atoms. The molecule has 32 heavy (non-hydrogen) atoms. The van der Waals surface area contributed by atoms with Crippen molar-refractivity contribution < 1.29 is 24.4 Å². The van der Waals surface area contributed by atoms with Gasteiger partial charge >= 0.3 is 5.97 Å². The lowest BCUT2D eigenvalue weighted by molar-refractivity contribution is -0.384. The Bertz CT molecular complexity index is 1070. The maximum atomic E-state index is 12.3. The molecular weight excluding hydrogens is 414 g/mol. The second kappa shape index (κ2) is 10.1. The number of aromatic nitrogens is 1. The number of fused-ring (bicyclic) bond motifs is 1. The molecule has 9 nitrogen and oxygen atoms in total. The monoisotopic (exact) mass is 439 g/mol. The van der Waals surface area contributed by atoms with Crippen LogP contribution in [-0.2, 0) is 22.7 Å². The number of hydrogen-bond donors (Lipinski definition) is 1. The average molecular weight is 439 g/mol. The molecule has 2 aromatic rings. The van der Waals surface area contributed by atoms with Crippen molar-refractivity contribution in [1.29, 1.82) is 0 Å². The summed E-state index contributed by atoms with van der Waals surface area (Å²) in [6.45, 7) is 6.26. The van der Waals surface area contributed by atoms with Crippen LogP contribution in [0.5, 0.6) is 0 Å². The summed E-state index contributed by atoms with van der Waals surface area (Å²) in [5.41, 5.74) is 3.73. The Morgan fingerprint density at radius 2 is 2.12 bits per heavy atom. The molecule has 4 rings (SSSR count). The Labute approximate surface area is 185 Å². The Kier molecular flexibility index (Phi) is 7.32. The van der Waals surface area contributed by atoms with E-state index in [1.54, 1.807) is 18.2 Å². The predicted octanol–water partition coefficient (Wildman–Crippen LogP) is 3.69. The molecule has 2 aliphatic rings. The van der Waals surface area contributed by atoms with E-state index in [4.69, 9.17) is 9.84 Å². The molecule has 0 radical (unpaired) electrons. The Morgan fingerprint density at radius 1 is 1.34 bits per heavy atom. The van der Waals surface area contributed by atoms with Crippen molar-refractivity contribution in [1.82, 2.24) is 9.88 Å². The quantitative estimate of drug-likeness (QED) is 0.553. The Morgan fingerprint density at radius 3 is 2.81 bits per heavy atom. The smallest absolute Gasteiger partial charge is 0.337 e. The summed E-state index contributed by atoms with van der Waals surface area (Å²) in [5.74, 6) is -1.23. The number of rotatable bonds is 5. The molecule has 2 aliphatic heterocycles. The van der Waals surface area contributed by atoms with Crippen molar-refractivity contribution in [2.45, 2.75) is 39.4 Å². The van der Waals surface area contributed by atoms with E-state index in [9.17, 15) is 19.7 Å². The van der Waals surface area contributed by atoms with Gasteiger partial charge in [0.25, 0.3) is 5.69 Å². The lowest BCUT2D eigenvalue weighted by Crippen LogP contribution is -2.36. The third kappa shape index (κ3) is 5.36. The molecule has 3 heterocycles. The number of non-ortho nitro benzene ring substituents is 1. The van der Waals surface area contributed by atoms with Gasteiger partial charge in [0.2, 0.25) is 0 Å². The number of carboxylic acid groups (broad SMARTS) is 1. The number of hydrogen-bond acceptors (Lipinski definition) is 7. The van der Waals surface area contributed by atoms with Gasteiger partial charge in [0, 0.05) is 36.1 Å². The molecule has 0 aliphatic carbocycles. The number of Topliss-reactive ketones (excluding diaryl/α,β-unsaturated/α-hetero) is 1. The number of nitro benzene ring substituents is 1. The molecule has 1 atom stereocenters. The zero-order chi connectivity index (χ0) is 23.3. The summed E-state index contributed by atoms with van der Waals surface area (Å²) in [4.78, 5) is 39.2. The highest BCUT2D eigenvalue weighted by Crippen LogP contribution is 2.28. The van der Waals surface area contributed by atoms with Gasteiger partial charge in [-0.1, -0.05) is 25.1 Å². The number of nitrogens with zero attached hydrogens (tertiary/aromatic N) is 3. The van der Waals surface area contributed by atoms with E-state index in [1.807, 2.05) is 13.0 Å². The van der Waals surface area contributed by atoms with Gasteiger partial charge in [0.05, 0.1) is 41.9 Å². The number of carbonyl (C=O) groups excluding carboxylic acids is 1. The van der Waals surface area contributed by atoms with E-state index in [1.165, 1.54) is 18.3 Å². The SMILES string of the molecule is CCCN1CC(=O)C(c2cccc([N+](=O)[O-])c2)C=C1C.O=C(O)c1cnc2c(c1)COC2. The van der Waals surface area contributed by atoms with Crippen LogP contribution in [0.2, 0.25) is 0 Å². The summed E-state index contributed by atoms with van der Waals surface area (Å²) in [6.07, 6.45) is 4.25. The molecule has 1 aromatic heterocycles. The van der Waals surface area contributed by atoms with Crippen LogP contribution in [0.3, 0.4) is 0 Å². The minimum atomic E-state index is -0.947. The number of aromatic carboxylic acids is 1. The molecule has 168 valence electrons. The van der Waals surface area contributed by atoms with Crippen molar-refractivity contribution in [3.8, 4) is 0 Å². The first-order valence-corrected chi connectivity index (χ1v) is 10.3. The van der Waals surface area contributed by atoms with Crippen LogP contribution in [0, 0.1) is 10.1 Å². The van der Waals surface area contributed by atoms with E-state index in [0.29, 0.717) is 25.3 Å².